The Kier molecular flexibility index (Phi) is 6.03. The van der Waals surface area contributed by atoms with Gasteiger partial charge in [-0.2, -0.15) is 0 Å². The Morgan fingerprint density at radius 1 is 1.21 bits per heavy atom. The summed E-state index contributed by atoms with van der Waals surface area (Å²) in [5.74, 6) is 0.635. The normalized spacial score (nSPS) is 11.6. The molecule has 0 spiro atoms. The van der Waals surface area contributed by atoms with Crippen molar-refractivity contribution in [2.24, 2.45) is 11.3 Å². The van der Waals surface area contributed by atoms with E-state index in [0.29, 0.717) is 19.0 Å². The molecule has 0 aliphatic heterocycles. The van der Waals surface area contributed by atoms with E-state index in [4.69, 9.17) is 0 Å². The van der Waals surface area contributed by atoms with E-state index in [2.05, 4.69) is 38.3 Å². The number of rotatable bonds is 7. The van der Waals surface area contributed by atoms with Gasteiger partial charge in [-0.05, 0) is 16.9 Å². The largest absolute Gasteiger partial charge is 0.351 e. The lowest BCUT2D eigenvalue weighted by Crippen LogP contribution is -2.39. The molecule has 0 unspecified atom stereocenters. The Bertz CT molecular complexity index is 385. The maximum absolute atomic E-state index is 11.7. The van der Waals surface area contributed by atoms with Gasteiger partial charge in [-0.1, -0.05) is 58.0 Å². The lowest BCUT2D eigenvalue weighted by atomic mass is 9.81. The minimum atomic E-state index is 0.0448. The van der Waals surface area contributed by atoms with E-state index in [1.54, 1.807) is 0 Å². The van der Waals surface area contributed by atoms with Gasteiger partial charge in [-0.15, -0.1) is 0 Å². The van der Waals surface area contributed by atoms with Crippen LogP contribution in [0.2, 0.25) is 0 Å². The molecule has 0 fully saturated rings. The SMILES string of the molecule is CC(C)C(C)(C)CNCC(=O)NCc1ccccc1. The Labute approximate surface area is 116 Å². The van der Waals surface area contributed by atoms with Crippen molar-refractivity contribution in [3.05, 3.63) is 35.9 Å². The van der Waals surface area contributed by atoms with Crippen LogP contribution in [-0.4, -0.2) is 19.0 Å². The van der Waals surface area contributed by atoms with Crippen LogP contribution >= 0.6 is 0 Å². The summed E-state index contributed by atoms with van der Waals surface area (Å²) in [5, 5.41) is 6.14. The molecule has 0 aliphatic rings. The molecular formula is C16H26N2O. The van der Waals surface area contributed by atoms with Crippen molar-refractivity contribution < 1.29 is 4.79 Å². The maximum atomic E-state index is 11.7. The van der Waals surface area contributed by atoms with Crippen molar-refractivity contribution in [3.8, 4) is 0 Å². The molecule has 106 valence electrons. The Balaban J connectivity index is 2.22. The van der Waals surface area contributed by atoms with Crippen LogP contribution in [0.25, 0.3) is 0 Å². The number of nitrogens with one attached hydrogen (secondary N) is 2. The zero-order valence-corrected chi connectivity index (χ0v) is 12.5. The van der Waals surface area contributed by atoms with Gasteiger partial charge in [0, 0.05) is 13.1 Å². The van der Waals surface area contributed by atoms with E-state index in [-0.39, 0.29) is 11.3 Å². The summed E-state index contributed by atoms with van der Waals surface area (Å²) in [6.07, 6.45) is 0. The molecule has 0 saturated carbocycles. The van der Waals surface area contributed by atoms with Crippen molar-refractivity contribution in [2.75, 3.05) is 13.1 Å². The monoisotopic (exact) mass is 262 g/mol. The predicted molar refractivity (Wildman–Crippen MR) is 79.8 cm³/mol. The number of carbonyl (C=O) groups excluding carboxylic acids is 1. The molecule has 0 aromatic heterocycles. The lowest BCUT2D eigenvalue weighted by Gasteiger charge is -2.29. The van der Waals surface area contributed by atoms with Gasteiger partial charge in [0.15, 0.2) is 0 Å². The fraction of sp³-hybridized carbons (Fsp3) is 0.562. The van der Waals surface area contributed by atoms with Gasteiger partial charge in [0.2, 0.25) is 5.91 Å². The van der Waals surface area contributed by atoms with E-state index in [9.17, 15) is 4.79 Å². The van der Waals surface area contributed by atoms with Gasteiger partial charge in [0.1, 0.15) is 0 Å². The van der Waals surface area contributed by atoms with Crippen LogP contribution < -0.4 is 10.6 Å². The molecule has 0 aliphatic carbocycles. The molecule has 0 atom stereocenters. The molecule has 0 heterocycles. The van der Waals surface area contributed by atoms with E-state index in [0.717, 1.165) is 12.1 Å². The van der Waals surface area contributed by atoms with E-state index in [1.165, 1.54) is 0 Å². The van der Waals surface area contributed by atoms with Crippen molar-refractivity contribution in [1.29, 1.82) is 0 Å². The van der Waals surface area contributed by atoms with Crippen molar-refractivity contribution >= 4 is 5.91 Å². The van der Waals surface area contributed by atoms with Crippen LogP contribution in [0.5, 0.6) is 0 Å². The second kappa shape index (κ2) is 7.29. The summed E-state index contributed by atoms with van der Waals surface area (Å²) in [6, 6.07) is 9.95. The molecule has 0 bridgehead atoms. The highest BCUT2D eigenvalue weighted by atomic mass is 16.1. The van der Waals surface area contributed by atoms with Crippen LogP contribution in [0.15, 0.2) is 30.3 Å². The number of hydrogen-bond donors (Lipinski definition) is 2. The van der Waals surface area contributed by atoms with Crippen LogP contribution in [0.3, 0.4) is 0 Å². The van der Waals surface area contributed by atoms with Gasteiger partial charge >= 0.3 is 0 Å². The van der Waals surface area contributed by atoms with Gasteiger partial charge in [-0.25, -0.2) is 0 Å². The second-order valence-corrected chi connectivity index (χ2v) is 6.01. The third-order valence-electron chi connectivity index (χ3n) is 3.76. The molecule has 3 heteroatoms. The van der Waals surface area contributed by atoms with Crippen molar-refractivity contribution in [1.82, 2.24) is 10.6 Å². The minimum Gasteiger partial charge on any atom is -0.351 e. The molecule has 2 N–H and O–H groups in total. The van der Waals surface area contributed by atoms with Gasteiger partial charge < -0.3 is 10.6 Å². The summed E-state index contributed by atoms with van der Waals surface area (Å²) < 4.78 is 0. The molecule has 1 amide bonds. The number of benzene rings is 1. The summed E-state index contributed by atoms with van der Waals surface area (Å²) in [4.78, 5) is 11.7. The molecular weight excluding hydrogens is 236 g/mol. The average Bonchev–Trinajstić information content (AvgIpc) is 2.37. The molecule has 1 rings (SSSR count). The van der Waals surface area contributed by atoms with Crippen LogP contribution in [0, 0.1) is 11.3 Å². The standard InChI is InChI=1S/C16H26N2O/c1-13(2)16(3,4)12-17-11-15(19)18-10-14-8-6-5-7-9-14/h5-9,13,17H,10-12H2,1-4H3,(H,18,19). The Morgan fingerprint density at radius 2 is 1.84 bits per heavy atom. The Hall–Kier alpha value is -1.35. The summed E-state index contributed by atoms with van der Waals surface area (Å²) in [5.41, 5.74) is 1.33. The first-order valence-corrected chi connectivity index (χ1v) is 6.93. The molecule has 3 nitrogen and oxygen atoms in total. The third-order valence-corrected chi connectivity index (χ3v) is 3.76. The maximum Gasteiger partial charge on any atom is 0.234 e. The average molecular weight is 262 g/mol. The van der Waals surface area contributed by atoms with Crippen LogP contribution in [0.1, 0.15) is 33.3 Å². The topological polar surface area (TPSA) is 41.1 Å². The first kappa shape index (κ1) is 15.7. The number of hydrogen-bond acceptors (Lipinski definition) is 2. The van der Waals surface area contributed by atoms with E-state index >= 15 is 0 Å². The van der Waals surface area contributed by atoms with Crippen LogP contribution in [-0.2, 0) is 11.3 Å². The summed E-state index contributed by atoms with van der Waals surface area (Å²) >= 11 is 0. The first-order chi connectivity index (χ1) is 8.92. The number of carbonyl (C=O) groups is 1. The third kappa shape index (κ3) is 5.88. The number of amides is 1. The van der Waals surface area contributed by atoms with Crippen molar-refractivity contribution in [3.63, 3.8) is 0 Å². The highest BCUT2D eigenvalue weighted by Crippen LogP contribution is 2.24. The van der Waals surface area contributed by atoms with Crippen molar-refractivity contribution in [2.45, 2.75) is 34.2 Å². The molecule has 1 aromatic rings. The zero-order chi connectivity index (χ0) is 14.3. The fourth-order valence-corrected chi connectivity index (χ4v) is 1.56. The quantitative estimate of drug-likeness (QED) is 0.793. The molecule has 1 aromatic carbocycles. The Morgan fingerprint density at radius 3 is 2.42 bits per heavy atom. The van der Waals surface area contributed by atoms with E-state index in [1.807, 2.05) is 30.3 Å². The first-order valence-electron chi connectivity index (χ1n) is 6.93. The second-order valence-electron chi connectivity index (χ2n) is 6.01. The molecule has 0 radical (unpaired) electrons. The molecule has 0 saturated heterocycles. The van der Waals surface area contributed by atoms with Crippen LogP contribution in [0.4, 0.5) is 0 Å². The highest BCUT2D eigenvalue weighted by molar-refractivity contribution is 5.77. The molecule has 19 heavy (non-hydrogen) atoms. The minimum absolute atomic E-state index is 0.0448. The zero-order valence-electron chi connectivity index (χ0n) is 12.5. The predicted octanol–water partition coefficient (Wildman–Crippen LogP) is 2.57. The summed E-state index contributed by atoms with van der Waals surface area (Å²) in [7, 11) is 0. The lowest BCUT2D eigenvalue weighted by molar-refractivity contribution is -0.120. The van der Waals surface area contributed by atoms with Gasteiger partial charge in [-0.3, -0.25) is 4.79 Å². The highest BCUT2D eigenvalue weighted by Gasteiger charge is 2.21. The fourth-order valence-electron chi connectivity index (χ4n) is 1.56. The smallest absolute Gasteiger partial charge is 0.234 e. The van der Waals surface area contributed by atoms with E-state index < -0.39 is 0 Å². The van der Waals surface area contributed by atoms with Gasteiger partial charge in [0.05, 0.1) is 6.54 Å². The van der Waals surface area contributed by atoms with Gasteiger partial charge in [0.25, 0.3) is 0 Å². The summed E-state index contributed by atoms with van der Waals surface area (Å²) in [6.45, 7) is 10.7.